The highest BCUT2D eigenvalue weighted by atomic mass is 16.5. The number of ether oxygens (including phenoxy) is 1. The van der Waals surface area contributed by atoms with Crippen LogP contribution in [0.25, 0.3) is 11.1 Å². The Labute approximate surface area is 146 Å². The number of morpholine rings is 1. The van der Waals surface area contributed by atoms with Crippen molar-refractivity contribution >= 4 is 22.9 Å². The SMILES string of the molecule is C[C@@H]1CN(c2ccc(CNc3nc4ccccc4o3)cn2)C[C@H](C)O1. The van der Waals surface area contributed by atoms with Crippen molar-refractivity contribution in [3.63, 3.8) is 0 Å². The number of para-hydroxylation sites is 2. The highest BCUT2D eigenvalue weighted by molar-refractivity contribution is 5.74. The summed E-state index contributed by atoms with van der Waals surface area (Å²) >= 11 is 0. The largest absolute Gasteiger partial charge is 0.424 e. The molecule has 1 aliphatic heterocycles. The van der Waals surface area contributed by atoms with Crippen LogP contribution >= 0.6 is 0 Å². The Kier molecular flexibility index (Phi) is 4.28. The summed E-state index contributed by atoms with van der Waals surface area (Å²) in [5.41, 5.74) is 2.73. The Balaban J connectivity index is 1.40. The van der Waals surface area contributed by atoms with Gasteiger partial charge in [-0.05, 0) is 37.6 Å². The standard InChI is InChI=1S/C19H22N4O2/c1-13-11-23(12-14(2)24-13)18-8-7-15(9-20-18)10-21-19-22-16-5-3-4-6-17(16)25-19/h3-9,13-14H,10-12H2,1-2H3,(H,21,22)/t13-,14+. The van der Waals surface area contributed by atoms with E-state index < -0.39 is 0 Å². The summed E-state index contributed by atoms with van der Waals surface area (Å²) in [5.74, 6) is 0.993. The molecule has 3 aromatic rings. The fourth-order valence-electron chi connectivity index (χ4n) is 3.20. The lowest BCUT2D eigenvalue weighted by atomic mass is 10.2. The van der Waals surface area contributed by atoms with Gasteiger partial charge in [0.25, 0.3) is 6.01 Å². The van der Waals surface area contributed by atoms with Gasteiger partial charge in [0.1, 0.15) is 11.3 Å². The van der Waals surface area contributed by atoms with Crippen molar-refractivity contribution < 1.29 is 9.15 Å². The van der Waals surface area contributed by atoms with E-state index in [0.717, 1.165) is 35.6 Å². The monoisotopic (exact) mass is 338 g/mol. The summed E-state index contributed by atoms with van der Waals surface area (Å²) in [6.45, 7) is 6.56. The van der Waals surface area contributed by atoms with Crippen LogP contribution in [0.1, 0.15) is 19.4 Å². The first kappa shape index (κ1) is 15.9. The maximum atomic E-state index is 5.78. The lowest BCUT2D eigenvalue weighted by Crippen LogP contribution is -2.45. The molecule has 1 aliphatic rings. The fraction of sp³-hybridized carbons (Fsp3) is 0.368. The zero-order valence-electron chi connectivity index (χ0n) is 14.5. The van der Waals surface area contributed by atoms with Gasteiger partial charge < -0.3 is 19.4 Å². The second-order valence-electron chi connectivity index (χ2n) is 6.53. The second-order valence-corrected chi connectivity index (χ2v) is 6.53. The maximum absolute atomic E-state index is 5.78. The van der Waals surface area contributed by atoms with Gasteiger partial charge in [-0.25, -0.2) is 4.98 Å². The van der Waals surface area contributed by atoms with Crippen LogP contribution in [0.5, 0.6) is 0 Å². The molecule has 0 amide bonds. The summed E-state index contributed by atoms with van der Waals surface area (Å²) in [7, 11) is 0. The van der Waals surface area contributed by atoms with Gasteiger partial charge in [0.15, 0.2) is 5.58 Å². The third-order valence-corrected chi connectivity index (χ3v) is 4.29. The quantitative estimate of drug-likeness (QED) is 0.786. The average molecular weight is 338 g/mol. The van der Waals surface area contributed by atoms with Crippen molar-refractivity contribution in [3.8, 4) is 0 Å². The molecule has 0 bridgehead atoms. The molecule has 6 heteroatoms. The first-order valence-corrected chi connectivity index (χ1v) is 8.62. The molecule has 0 spiro atoms. The van der Waals surface area contributed by atoms with Crippen LogP contribution in [-0.4, -0.2) is 35.3 Å². The number of oxazole rings is 1. The molecule has 1 saturated heterocycles. The number of aromatic nitrogens is 2. The number of rotatable bonds is 4. The number of hydrogen-bond donors (Lipinski definition) is 1. The minimum Gasteiger partial charge on any atom is -0.424 e. The summed E-state index contributed by atoms with van der Waals surface area (Å²) in [5, 5.41) is 3.21. The van der Waals surface area contributed by atoms with Crippen molar-refractivity contribution in [3.05, 3.63) is 48.2 Å². The Morgan fingerprint density at radius 1 is 1.12 bits per heavy atom. The van der Waals surface area contributed by atoms with Crippen LogP contribution in [0.3, 0.4) is 0 Å². The number of nitrogens with zero attached hydrogens (tertiary/aromatic N) is 3. The van der Waals surface area contributed by atoms with Crippen molar-refractivity contribution in [1.82, 2.24) is 9.97 Å². The molecule has 1 N–H and O–H groups in total. The van der Waals surface area contributed by atoms with Crippen molar-refractivity contribution in [2.24, 2.45) is 0 Å². The number of benzene rings is 1. The summed E-state index contributed by atoms with van der Waals surface area (Å²) in [6, 6.07) is 12.4. The molecular weight excluding hydrogens is 316 g/mol. The van der Waals surface area contributed by atoms with E-state index in [2.05, 4.69) is 46.2 Å². The smallest absolute Gasteiger partial charge is 0.295 e. The molecule has 1 fully saturated rings. The predicted octanol–water partition coefficient (Wildman–Crippen LogP) is 3.45. The molecule has 25 heavy (non-hydrogen) atoms. The first-order chi connectivity index (χ1) is 12.2. The molecular formula is C19H22N4O2. The number of fused-ring (bicyclic) bond motifs is 1. The van der Waals surface area contributed by atoms with Gasteiger partial charge in [0.2, 0.25) is 0 Å². The second kappa shape index (κ2) is 6.72. The van der Waals surface area contributed by atoms with E-state index in [1.165, 1.54) is 0 Å². The lowest BCUT2D eigenvalue weighted by molar-refractivity contribution is -0.00545. The van der Waals surface area contributed by atoms with Crippen LogP contribution in [0.4, 0.5) is 11.8 Å². The topological polar surface area (TPSA) is 63.4 Å². The van der Waals surface area contributed by atoms with E-state index in [-0.39, 0.29) is 12.2 Å². The van der Waals surface area contributed by atoms with Gasteiger partial charge in [0.05, 0.1) is 12.2 Å². The molecule has 0 saturated carbocycles. The Morgan fingerprint density at radius 3 is 2.64 bits per heavy atom. The molecule has 2 atom stereocenters. The van der Waals surface area contributed by atoms with Crippen LogP contribution in [-0.2, 0) is 11.3 Å². The minimum atomic E-state index is 0.228. The predicted molar refractivity (Wildman–Crippen MR) is 97.8 cm³/mol. The van der Waals surface area contributed by atoms with Crippen molar-refractivity contribution in [1.29, 1.82) is 0 Å². The van der Waals surface area contributed by atoms with E-state index in [4.69, 9.17) is 9.15 Å². The molecule has 6 nitrogen and oxygen atoms in total. The number of nitrogens with one attached hydrogen (secondary N) is 1. The van der Waals surface area contributed by atoms with Gasteiger partial charge in [0, 0.05) is 25.8 Å². The van der Waals surface area contributed by atoms with E-state index in [1.54, 1.807) is 0 Å². The zero-order chi connectivity index (χ0) is 17.2. The van der Waals surface area contributed by atoms with Gasteiger partial charge in [-0.3, -0.25) is 0 Å². The third kappa shape index (κ3) is 3.58. The molecule has 3 heterocycles. The van der Waals surface area contributed by atoms with Gasteiger partial charge in [-0.2, -0.15) is 4.98 Å². The van der Waals surface area contributed by atoms with E-state index in [9.17, 15) is 0 Å². The fourth-order valence-corrected chi connectivity index (χ4v) is 3.20. The van der Waals surface area contributed by atoms with Crippen LogP contribution in [0, 0.1) is 0 Å². The van der Waals surface area contributed by atoms with Crippen LogP contribution < -0.4 is 10.2 Å². The van der Waals surface area contributed by atoms with E-state index >= 15 is 0 Å². The summed E-state index contributed by atoms with van der Waals surface area (Å²) < 4.78 is 11.4. The molecule has 0 unspecified atom stereocenters. The third-order valence-electron chi connectivity index (χ3n) is 4.29. The van der Waals surface area contributed by atoms with E-state index in [1.807, 2.05) is 30.5 Å². The zero-order valence-corrected chi connectivity index (χ0v) is 14.5. The minimum absolute atomic E-state index is 0.228. The molecule has 0 aliphatic carbocycles. The molecule has 130 valence electrons. The van der Waals surface area contributed by atoms with Gasteiger partial charge in [-0.1, -0.05) is 18.2 Å². The first-order valence-electron chi connectivity index (χ1n) is 8.62. The lowest BCUT2D eigenvalue weighted by Gasteiger charge is -2.36. The highest BCUT2D eigenvalue weighted by Crippen LogP contribution is 2.20. The summed E-state index contributed by atoms with van der Waals surface area (Å²) in [6.07, 6.45) is 2.35. The number of anilines is 2. The number of pyridine rings is 1. The van der Waals surface area contributed by atoms with Crippen LogP contribution in [0.15, 0.2) is 47.0 Å². The molecule has 4 rings (SSSR count). The molecule has 0 radical (unpaired) electrons. The Morgan fingerprint density at radius 2 is 1.92 bits per heavy atom. The van der Waals surface area contributed by atoms with Crippen molar-refractivity contribution in [2.75, 3.05) is 23.3 Å². The van der Waals surface area contributed by atoms with Gasteiger partial charge >= 0.3 is 0 Å². The average Bonchev–Trinajstić information content (AvgIpc) is 3.02. The number of hydrogen-bond acceptors (Lipinski definition) is 6. The highest BCUT2D eigenvalue weighted by Gasteiger charge is 2.22. The van der Waals surface area contributed by atoms with Crippen molar-refractivity contribution in [2.45, 2.75) is 32.6 Å². The molecule has 2 aromatic heterocycles. The normalized spacial score (nSPS) is 20.8. The van der Waals surface area contributed by atoms with E-state index in [0.29, 0.717) is 12.6 Å². The summed E-state index contributed by atoms with van der Waals surface area (Å²) in [4.78, 5) is 11.3. The van der Waals surface area contributed by atoms with Gasteiger partial charge in [-0.15, -0.1) is 0 Å². The Bertz CT molecular complexity index is 803. The Hall–Kier alpha value is -2.60. The van der Waals surface area contributed by atoms with Crippen LogP contribution in [0.2, 0.25) is 0 Å². The maximum Gasteiger partial charge on any atom is 0.295 e. The molecule has 1 aromatic carbocycles.